The number of halogens is 1. The van der Waals surface area contributed by atoms with Gasteiger partial charge in [-0.3, -0.25) is 14.3 Å². The number of carbonyl (C=O) groups is 2. The Bertz CT molecular complexity index is 664. The van der Waals surface area contributed by atoms with Gasteiger partial charge in [0.2, 0.25) is 5.91 Å². The zero-order valence-corrected chi connectivity index (χ0v) is 12.5. The van der Waals surface area contributed by atoms with Gasteiger partial charge in [-0.05, 0) is 19.1 Å². The van der Waals surface area contributed by atoms with E-state index in [4.69, 9.17) is 17.3 Å². The number of hydrogen-bond acceptors (Lipinski definition) is 3. The Morgan fingerprint density at radius 3 is 2.71 bits per heavy atom. The average Bonchev–Trinajstić information content (AvgIpc) is 2.98. The highest BCUT2D eigenvalue weighted by Gasteiger charge is 2.34. The maximum atomic E-state index is 12.3. The van der Waals surface area contributed by atoms with Crippen molar-refractivity contribution in [2.24, 2.45) is 12.8 Å². The lowest BCUT2D eigenvalue weighted by molar-refractivity contribution is -0.124. The maximum absolute atomic E-state index is 12.3. The molecule has 0 aliphatic heterocycles. The average molecular weight is 310 g/mol. The minimum Gasteiger partial charge on any atom is -0.368 e. The molecule has 3 N–H and O–H groups in total. The molecule has 0 saturated carbocycles. The molecule has 0 aliphatic carbocycles. The molecule has 2 aromatic rings. The van der Waals surface area contributed by atoms with Crippen LogP contribution in [0.25, 0.3) is 0 Å². The van der Waals surface area contributed by atoms with Crippen molar-refractivity contribution in [2.45, 2.75) is 19.0 Å². The predicted octanol–water partition coefficient (Wildman–Crippen LogP) is 0.549. The number of hydrogen-bond donors (Lipinski definition) is 2. The molecular formula is C13H16ClN5O2. The van der Waals surface area contributed by atoms with E-state index in [-0.39, 0.29) is 6.54 Å². The molecule has 7 nitrogen and oxygen atoms in total. The van der Waals surface area contributed by atoms with Crippen LogP contribution in [0.5, 0.6) is 0 Å². The number of primary amides is 1. The summed E-state index contributed by atoms with van der Waals surface area (Å²) in [5.74, 6) is -1.08. The first kappa shape index (κ1) is 15.1. The van der Waals surface area contributed by atoms with Gasteiger partial charge in [-0.2, -0.15) is 5.10 Å². The van der Waals surface area contributed by atoms with Crippen LogP contribution in [-0.2, 0) is 18.4 Å². The Labute approximate surface area is 126 Å². The SMILES string of the molecule is Cn1cc(Cl)cc1C(=O)NC(C)(Cn1cccn1)C(N)=O. The third-order valence-corrected chi connectivity index (χ3v) is 3.38. The summed E-state index contributed by atoms with van der Waals surface area (Å²) in [5, 5.41) is 7.10. The van der Waals surface area contributed by atoms with Gasteiger partial charge in [0.05, 0.1) is 11.6 Å². The van der Waals surface area contributed by atoms with Crippen molar-refractivity contribution in [3.63, 3.8) is 0 Å². The van der Waals surface area contributed by atoms with Gasteiger partial charge in [0, 0.05) is 25.6 Å². The molecule has 0 aromatic carbocycles. The number of rotatable bonds is 5. The zero-order valence-electron chi connectivity index (χ0n) is 11.7. The van der Waals surface area contributed by atoms with Crippen molar-refractivity contribution in [3.05, 3.63) is 41.4 Å². The molecule has 2 aromatic heterocycles. The number of nitrogens with one attached hydrogen (secondary N) is 1. The van der Waals surface area contributed by atoms with Gasteiger partial charge in [0.15, 0.2) is 0 Å². The van der Waals surface area contributed by atoms with Crippen LogP contribution in [0.4, 0.5) is 0 Å². The number of amides is 2. The van der Waals surface area contributed by atoms with E-state index in [1.54, 1.807) is 43.2 Å². The lowest BCUT2D eigenvalue weighted by Gasteiger charge is -2.27. The van der Waals surface area contributed by atoms with Crippen LogP contribution < -0.4 is 11.1 Å². The van der Waals surface area contributed by atoms with Gasteiger partial charge in [0.1, 0.15) is 11.2 Å². The second-order valence-corrected chi connectivity index (χ2v) is 5.45. The normalized spacial score (nSPS) is 13.7. The molecule has 2 heterocycles. The van der Waals surface area contributed by atoms with Crippen LogP contribution in [-0.4, -0.2) is 31.7 Å². The fraction of sp³-hybridized carbons (Fsp3) is 0.308. The van der Waals surface area contributed by atoms with Gasteiger partial charge in [-0.1, -0.05) is 11.6 Å². The van der Waals surface area contributed by atoms with E-state index in [0.717, 1.165) is 0 Å². The molecule has 0 saturated heterocycles. The molecule has 1 atom stereocenters. The third-order valence-electron chi connectivity index (χ3n) is 3.17. The summed E-state index contributed by atoms with van der Waals surface area (Å²) < 4.78 is 3.11. The van der Waals surface area contributed by atoms with E-state index in [1.165, 1.54) is 10.7 Å². The fourth-order valence-electron chi connectivity index (χ4n) is 1.96. The quantitative estimate of drug-likeness (QED) is 0.844. The summed E-state index contributed by atoms with van der Waals surface area (Å²) in [4.78, 5) is 24.0. The third kappa shape index (κ3) is 3.25. The van der Waals surface area contributed by atoms with Gasteiger partial charge < -0.3 is 15.6 Å². The number of nitrogens with zero attached hydrogens (tertiary/aromatic N) is 3. The van der Waals surface area contributed by atoms with Crippen molar-refractivity contribution in [1.29, 1.82) is 0 Å². The topological polar surface area (TPSA) is 94.9 Å². The standard InChI is InChI=1S/C13H16ClN5O2/c1-13(12(15)21,8-19-5-3-4-16-19)17-11(20)10-6-9(14)7-18(10)2/h3-7H,8H2,1-2H3,(H2,15,21)(H,17,20). The van der Waals surface area contributed by atoms with Crippen LogP contribution in [0.1, 0.15) is 17.4 Å². The molecule has 0 radical (unpaired) electrons. The van der Waals surface area contributed by atoms with Gasteiger partial charge in [-0.15, -0.1) is 0 Å². The number of aromatic nitrogens is 3. The second-order valence-electron chi connectivity index (χ2n) is 5.01. The van der Waals surface area contributed by atoms with E-state index >= 15 is 0 Å². The molecule has 2 rings (SSSR count). The molecule has 0 spiro atoms. The summed E-state index contributed by atoms with van der Waals surface area (Å²) in [6, 6.07) is 3.24. The van der Waals surface area contributed by atoms with Gasteiger partial charge >= 0.3 is 0 Å². The molecule has 1 unspecified atom stereocenters. The van der Waals surface area contributed by atoms with Crippen molar-refractivity contribution >= 4 is 23.4 Å². The summed E-state index contributed by atoms with van der Waals surface area (Å²) in [6.45, 7) is 1.69. The Hall–Kier alpha value is -2.28. The Balaban J connectivity index is 2.21. The monoisotopic (exact) mass is 309 g/mol. The molecule has 0 bridgehead atoms. The van der Waals surface area contributed by atoms with Crippen molar-refractivity contribution in [2.75, 3.05) is 0 Å². The smallest absolute Gasteiger partial charge is 0.268 e. The van der Waals surface area contributed by atoms with E-state index in [1.807, 2.05) is 0 Å². The first-order valence-electron chi connectivity index (χ1n) is 6.23. The molecular weight excluding hydrogens is 294 g/mol. The van der Waals surface area contributed by atoms with Crippen molar-refractivity contribution in [1.82, 2.24) is 19.7 Å². The minimum atomic E-state index is -1.26. The van der Waals surface area contributed by atoms with E-state index < -0.39 is 17.4 Å². The van der Waals surface area contributed by atoms with Gasteiger partial charge in [0.25, 0.3) is 5.91 Å². The first-order chi connectivity index (χ1) is 9.82. The minimum absolute atomic E-state index is 0.138. The van der Waals surface area contributed by atoms with E-state index in [0.29, 0.717) is 10.7 Å². The fourth-order valence-corrected chi connectivity index (χ4v) is 2.21. The molecule has 0 fully saturated rings. The Kier molecular flexibility index (Phi) is 4.04. The molecule has 21 heavy (non-hydrogen) atoms. The van der Waals surface area contributed by atoms with Crippen LogP contribution in [0, 0.1) is 0 Å². The first-order valence-corrected chi connectivity index (χ1v) is 6.61. The summed E-state index contributed by atoms with van der Waals surface area (Å²) in [5.41, 5.74) is 4.51. The lowest BCUT2D eigenvalue weighted by Crippen LogP contribution is -2.58. The van der Waals surface area contributed by atoms with Crippen molar-refractivity contribution in [3.8, 4) is 0 Å². The highest BCUT2D eigenvalue weighted by Crippen LogP contribution is 2.14. The highest BCUT2D eigenvalue weighted by atomic mass is 35.5. The Morgan fingerprint density at radius 2 is 2.24 bits per heavy atom. The maximum Gasteiger partial charge on any atom is 0.268 e. The van der Waals surface area contributed by atoms with E-state index in [9.17, 15) is 9.59 Å². The molecule has 8 heteroatoms. The predicted molar refractivity (Wildman–Crippen MR) is 77.7 cm³/mol. The van der Waals surface area contributed by atoms with Crippen LogP contribution in [0.3, 0.4) is 0 Å². The largest absolute Gasteiger partial charge is 0.368 e. The molecule has 112 valence electrons. The summed E-state index contributed by atoms with van der Waals surface area (Å²) in [6.07, 6.45) is 4.87. The second kappa shape index (κ2) is 5.61. The highest BCUT2D eigenvalue weighted by molar-refractivity contribution is 6.31. The zero-order chi connectivity index (χ0) is 15.6. The summed E-state index contributed by atoms with van der Waals surface area (Å²) >= 11 is 5.85. The summed E-state index contributed by atoms with van der Waals surface area (Å²) in [7, 11) is 1.69. The molecule has 0 aliphatic rings. The van der Waals surface area contributed by atoms with Crippen LogP contribution in [0.2, 0.25) is 5.02 Å². The van der Waals surface area contributed by atoms with Gasteiger partial charge in [-0.25, -0.2) is 0 Å². The van der Waals surface area contributed by atoms with Crippen molar-refractivity contribution < 1.29 is 9.59 Å². The number of nitrogens with two attached hydrogens (primary N) is 1. The van der Waals surface area contributed by atoms with Crippen LogP contribution >= 0.6 is 11.6 Å². The number of aryl methyl sites for hydroxylation is 1. The lowest BCUT2D eigenvalue weighted by atomic mass is 10.0. The van der Waals surface area contributed by atoms with Crippen LogP contribution in [0.15, 0.2) is 30.7 Å². The Morgan fingerprint density at radius 1 is 1.52 bits per heavy atom. The number of carbonyl (C=O) groups excluding carboxylic acids is 2. The van der Waals surface area contributed by atoms with E-state index in [2.05, 4.69) is 10.4 Å². The molecule has 2 amide bonds.